The van der Waals surface area contributed by atoms with Gasteiger partial charge in [-0.05, 0) is 6.92 Å². The fourth-order valence-corrected chi connectivity index (χ4v) is 0.994. The second-order valence-electron chi connectivity index (χ2n) is 3.41. The maximum Gasteiger partial charge on any atom is 0.322 e. The normalized spacial score (nSPS) is 13.2. The number of nitrogens with zero attached hydrogens (tertiary/aromatic N) is 2. The third kappa shape index (κ3) is 7.66. The minimum atomic E-state index is -1.03. The first kappa shape index (κ1) is 14.3. The van der Waals surface area contributed by atoms with Gasteiger partial charge in [-0.25, -0.2) is 0 Å². The highest BCUT2D eigenvalue weighted by Gasteiger charge is 2.03. The molecule has 1 aliphatic heterocycles. The number of amides is 1. The van der Waals surface area contributed by atoms with Crippen LogP contribution in [0.4, 0.5) is 0 Å². The molecule has 2 N–H and O–H groups in total. The Morgan fingerprint density at radius 2 is 2.06 bits per heavy atom. The molecule has 0 fully saturated rings. The molecule has 0 aliphatic carbocycles. The van der Waals surface area contributed by atoms with Crippen LogP contribution in [0.2, 0.25) is 0 Å². The first-order valence-electron chi connectivity index (χ1n) is 5.04. The Bertz CT molecular complexity index is 252. The Hall–Kier alpha value is -1.72. The van der Waals surface area contributed by atoms with Crippen molar-refractivity contribution in [2.75, 3.05) is 26.8 Å². The van der Waals surface area contributed by atoms with Crippen LogP contribution in [0, 0.1) is 0 Å². The summed E-state index contributed by atoms with van der Waals surface area (Å²) in [6, 6.07) is 0. The lowest BCUT2D eigenvalue weighted by Gasteiger charge is -2.14. The molecule has 1 amide bonds. The Kier molecular flexibility index (Phi) is 6.74. The van der Waals surface area contributed by atoms with Crippen molar-refractivity contribution in [1.82, 2.24) is 15.1 Å². The number of carboxylic acids is 1. The van der Waals surface area contributed by atoms with E-state index in [2.05, 4.69) is 41.5 Å². The van der Waals surface area contributed by atoms with Crippen molar-refractivity contribution in [2.24, 2.45) is 0 Å². The predicted octanol–water partition coefficient (Wildman–Crippen LogP) is -0.110. The number of carbonyl (C=O) groups excluding carboxylic acids is 1. The number of carboxylic acid groups (broad SMARTS) is 1. The molecule has 6 heteroatoms. The van der Waals surface area contributed by atoms with E-state index >= 15 is 0 Å². The molecule has 6 nitrogen and oxygen atoms in total. The number of rotatable bonds is 3. The molecule has 0 saturated heterocycles. The van der Waals surface area contributed by atoms with Crippen LogP contribution in [-0.2, 0) is 9.59 Å². The Labute approximate surface area is 95.5 Å². The smallest absolute Gasteiger partial charge is 0.322 e. The van der Waals surface area contributed by atoms with E-state index in [0.717, 1.165) is 13.2 Å². The fraction of sp³-hybridized carbons (Fsp3) is 0.600. The summed E-state index contributed by atoms with van der Waals surface area (Å²) in [5.74, 6) is -1.35. The van der Waals surface area contributed by atoms with E-state index in [-0.39, 0.29) is 12.5 Å². The highest BCUT2D eigenvalue weighted by Crippen LogP contribution is 2.00. The van der Waals surface area contributed by atoms with Gasteiger partial charge in [-0.2, -0.15) is 0 Å². The van der Waals surface area contributed by atoms with Gasteiger partial charge in [0.2, 0.25) is 5.91 Å². The minimum absolute atomic E-state index is 0.296. The number of aliphatic carboxylic acids is 1. The second kappa shape index (κ2) is 7.56. The van der Waals surface area contributed by atoms with E-state index in [0.29, 0.717) is 0 Å². The summed E-state index contributed by atoms with van der Waals surface area (Å²) < 4.78 is 0. The molecule has 1 rings (SSSR count). The van der Waals surface area contributed by atoms with E-state index in [1.807, 2.05) is 0 Å². The van der Waals surface area contributed by atoms with Crippen molar-refractivity contribution in [2.45, 2.75) is 13.8 Å². The van der Waals surface area contributed by atoms with Gasteiger partial charge in [0.05, 0.1) is 6.67 Å². The summed E-state index contributed by atoms with van der Waals surface area (Å²) in [4.78, 5) is 24.1. The van der Waals surface area contributed by atoms with Crippen LogP contribution in [0.3, 0.4) is 0 Å². The monoisotopic (exact) mass is 229 g/mol. The Morgan fingerprint density at radius 3 is 2.25 bits per heavy atom. The molecular formula is C10H19N3O3. The zero-order chi connectivity index (χ0) is 12.6. The van der Waals surface area contributed by atoms with Gasteiger partial charge in [0.1, 0.15) is 6.54 Å². The van der Waals surface area contributed by atoms with Crippen LogP contribution in [0.5, 0.6) is 0 Å². The molecule has 0 radical (unpaired) electrons. The van der Waals surface area contributed by atoms with Crippen molar-refractivity contribution in [3.8, 4) is 0 Å². The quantitative estimate of drug-likeness (QED) is 0.706. The number of hydrogen-bond acceptors (Lipinski definition) is 4. The Morgan fingerprint density at radius 1 is 1.44 bits per heavy atom. The SMILES string of the molecule is CC(=O)NCC(=O)O.CCN1C=CN(C)C1. The van der Waals surface area contributed by atoms with Gasteiger partial charge in [-0.1, -0.05) is 0 Å². The predicted molar refractivity (Wildman–Crippen MR) is 60.5 cm³/mol. The highest BCUT2D eigenvalue weighted by molar-refractivity contribution is 5.79. The second-order valence-corrected chi connectivity index (χ2v) is 3.41. The van der Waals surface area contributed by atoms with Crippen LogP contribution >= 0.6 is 0 Å². The topological polar surface area (TPSA) is 72.9 Å². The van der Waals surface area contributed by atoms with E-state index in [4.69, 9.17) is 5.11 Å². The maximum absolute atomic E-state index is 9.97. The molecular weight excluding hydrogens is 210 g/mol. The van der Waals surface area contributed by atoms with Crippen LogP contribution in [0.15, 0.2) is 12.4 Å². The summed E-state index contributed by atoms with van der Waals surface area (Å²) in [7, 11) is 2.08. The van der Waals surface area contributed by atoms with Gasteiger partial charge >= 0.3 is 5.97 Å². The Balaban J connectivity index is 0.000000281. The lowest BCUT2D eigenvalue weighted by atomic mass is 10.6. The average molecular weight is 229 g/mol. The molecule has 0 aromatic heterocycles. The van der Waals surface area contributed by atoms with E-state index < -0.39 is 5.97 Å². The third-order valence-corrected chi connectivity index (χ3v) is 1.83. The minimum Gasteiger partial charge on any atom is -0.480 e. The van der Waals surface area contributed by atoms with Crippen LogP contribution in [-0.4, -0.2) is 53.6 Å². The standard InChI is InChI=1S/C6H12N2.C4H7NO3/c1-3-8-5-4-7(2)6-8;1-3(6)5-2-4(7)8/h4-5H,3,6H2,1-2H3;2H2,1H3,(H,5,6)(H,7,8). The van der Waals surface area contributed by atoms with E-state index in [1.165, 1.54) is 6.92 Å². The molecule has 1 heterocycles. The van der Waals surface area contributed by atoms with Crippen molar-refractivity contribution in [3.05, 3.63) is 12.4 Å². The zero-order valence-electron chi connectivity index (χ0n) is 9.93. The van der Waals surface area contributed by atoms with E-state index in [9.17, 15) is 9.59 Å². The first-order chi connectivity index (χ1) is 7.45. The van der Waals surface area contributed by atoms with Gasteiger partial charge < -0.3 is 20.2 Å². The maximum atomic E-state index is 9.97. The van der Waals surface area contributed by atoms with Gasteiger partial charge in [0.25, 0.3) is 0 Å². The molecule has 0 bridgehead atoms. The van der Waals surface area contributed by atoms with Crippen molar-refractivity contribution < 1.29 is 14.7 Å². The van der Waals surface area contributed by atoms with Crippen LogP contribution < -0.4 is 5.32 Å². The molecule has 0 saturated carbocycles. The first-order valence-corrected chi connectivity index (χ1v) is 5.04. The highest BCUT2D eigenvalue weighted by atomic mass is 16.4. The molecule has 0 aromatic carbocycles. The van der Waals surface area contributed by atoms with Crippen molar-refractivity contribution in [1.29, 1.82) is 0 Å². The molecule has 0 spiro atoms. The van der Waals surface area contributed by atoms with Crippen molar-refractivity contribution >= 4 is 11.9 Å². The summed E-state index contributed by atoms with van der Waals surface area (Å²) in [5, 5.41) is 10.1. The molecule has 92 valence electrons. The van der Waals surface area contributed by atoms with Crippen LogP contribution in [0.25, 0.3) is 0 Å². The van der Waals surface area contributed by atoms with Gasteiger partial charge in [-0.15, -0.1) is 0 Å². The number of carbonyl (C=O) groups is 2. The summed E-state index contributed by atoms with van der Waals surface area (Å²) in [6.45, 7) is 5.29. The third-order valence-electron chi connectivity index (χ3n) is 1.83. The van der Waals surface area contributed by atoms with Gasteiger partial charge in [0, 0.05) is 32.9 Å². The zero-order valence-corrected chi connectivity index (χ0v) is 9.93. The van der Waals surface area contributed by atoms with Gasteiger partial charge in [-0.3, -0.25) is 9.59 Å². The van der Waals surface area contributed by atoms with Gasteiger partial charge in [0.15, 0.2) is 0 Å². The van der Waals surface area contributed by atoms with E-state index in [1.54, 1.807) is 0 Å². The van der Waals surface area contributed by atoms with Crippen molar-refractivity contribution in [3.63, 3.8) is 0 Å². The lowest BCUT2D eigenvalue weighted by molar-refractivity contribution is -0.137. The lowest BCUT2D eigenvalue weighted by Crippen LogP contribution is -2.26. The number of hydrogen-bond donors (Lipinski definition) is 2. The number of nitrogens with one attached hydrogen (secondary N) is 1. The molecule has 0 atom stereocenters. The fourth-order valence-electron chi connectivity index (χ4n) is 0.994. The summed E-state index contributed by atoms with van der Waals surface area (Å²) in [5.41, 5.74) is 0. The van der Waals surface area contributed by atoms with Crippen LogP contribution in [0.1, 0.15) is 13.8 Å². The molecule has 16 heavy (non-hydrogen) atoms. The largest absolute Gasteiger partial charge is 0.480 e. The summed E-state index contributed by atoms with van der Waals surface area (Å²) in [6.07, 6.45) is 4.20. The molecule has 1 aliphatic rings. The average Bonchev–Trinajstić information content (AvgIpc) is 2.62. The summed E-state index contributed by atoms with van der Waals surface area (Å²) >= 11 is 0. The molecule has 0 aromatic rings. The molecule has 0 unspecified atom stereocenters.